The molecule has 0 fully saturated rings. The molecule has 0 aliphatic rings. The number of nitrogens with zero attached hydrogens (tertiary/aromatic N) is 2. The minimum absolute atomic E-state index is 0.328. The van der Waals surface area contributed by atoms with Gasteiger partial charge in [-0.15, -0.1) is 0 Å². The standard InChI is InChI=1S/C15H27N3/c1-5-8-11-18(7-3)14-9-10-15(17-12-14)13(4)16-6-2/h9-10,12-13,16H,5-8,11H2,1-4H3. The number of hydrogen-bond donors (Lipinski definition) is 1. The highest BCUT2D eigenvalue weighted by Crippen LogP contribution is 2.16. The number of nitrogens with one attached hydrogen (secondary N) is 1. The van der Waals surface area contributed by atoms with E-state index in [0.29, 0.717) is 6.04 Å². The van der Waals surface area contributed by atoms with Crippen LogP contribution in [0.25, 0.3) is 0 Å². The lowest BCUT2D eigenvalue weighted by molar-refractivity contribution is 0.583. The summed E-state index contributed by atoms with van der Waals surface area (Å²) in [5.74, 6) is 0. The van der Waals surface area contributed by atoms with Crippen molar-refractivity contribution in [1.82, 2.24) is 10.3 Å². The van der Waals surface area contributed by atoms with Crippen LogP contribution in [0.1, 0.15) is 52.3 Å². The van der Waals surface area contributed by atoms with Crippen LogP contribution in [0.4, 0.5) is 5.69 Å². The van der Waals surface area contributed by atoms with Crippen molar-refractivity contribution < 1.29 is 0 Å². The first kappa shape index (κ1) is 15.0. The zero-order valence-electron chi connectivity index (χ0n) is 12.2. The van der Waals surface area contributed by atoms with E-state index in [1.165, 1.54) is 18.5 Å². The average molecular weight is 249 g/mol. The fourth-order valence-electron chi connectivity index (χ4n) is 2.07. The summed E-state index contributed by atoms with van der Waals surface area (Å²) >= 11 is 0. The third-order valence-electron chi connectivity index (χ3n) is 3.25. The third kappa shape index (κ3) is 4.30. The molecular weight excluding hydrogens is 222 g/mol. The molecule has 0 saturated heterocycles. The Kier molecular flexibility index (Phi) is 6.73. The summed E-state index contributed by atoms with van der Waals surface area (Å²) < 4.78 is 0. The number of hydrogen-bond acceptors (Lipinski definition) is 3. The maximum Gasteiger partial charge on any atom is 0.0572 e. The lowest BCUT2D eigenvalue weighted by Crippen LogP contribution is -2.24. The Bertz CT molecular complexity index is 321. The van der Waals surface area contributed by atoms with Gasteiger partial charge >= 0.3 is 0 Å². The second-order valence-electron chi connectivity index (χ2n) is 4.65. The van der Waals surface area contributed by atoms with Gasteiger partial charge in [0.1, 0.15) is 0 Å². The second-order valence-corrected chi connectivity index (χ2v) is 4.65. The molecule has 0 amide bonds. The maximum absolute atomic E-state index is 4.57. The molecule has 1 aromatic heterocycles. The maximum atomic E-state index is 4.57. The molecule has 1 N–H and O–H groups in total. The van der Waals surface area contributed by atoms with E-state index in [1.54, 1.807) is 0 Å². The quantitative estimate of drug-likeness (QED) is 0.765. The molecule has 0 aliphatic heterocycles. The summed E-state index contributed by atoms with van der Waals surface area (Å²) in [7, 11) is 0. The van der Waals surface area contributed by atoms with E-state index in [-0.39, 0.29) is 0 Å². The molecule has 0 radical (unpaired) electrons. The van der Waals surface area contributed by atoms with E-state index in [0.717, 1.165) is 25.3 Å². The molecule has 18 heavy (non-hydrogen) atoms. The number of rotatable bonds is 8. The fourth-order valence-corrected chi connectivity index (χ4v) is 2.07. The van der Waals surface area contributed by atoms with Crippen LogP contribution in [0, 0.1) is 0 Å². The zero-order chi connectivity index (χ0) is 13.4. The van der Waals surface area contributed by atoms with Crippen LogP contribution in [-0.2, 0) is 0 Å². The van der Waals surface area contributed by atoms with Gasteiger partial charge in [-0.05, 0) is 38.9 Å². The Morgan fingerprint density at radius 3 is 2.56 bits per heavy atom. The Balaban J connectivity index is 2.68. The Labute approximate surface area is 112 Å². The van der Waals surface area contributed by atoms with Crippen molar-refractivity contribution in [2.45, 2.75) is 46.6 Å². The molecule has 0 spiro atoms. The first-order chi connectivity index (χ1) is 8.72. The molecule has 0 saturated carbocycles. The van der Waals surface area contributed by atoms with E-state index in [4.69, 9.17) is 0 Å². The van der Waals surface area contributed by atoms with E-state index in [9.17, 15) is 0 Å². The van der Waals surface area contributed by atoms with Crippen molar-refractivity contribution in [2.24, 2.45) is 0 Å². The SMILES string of the molecule is CCCCN(CC)c1ccc(C(C)NCC)nc1. The monoisotopic (exact) mass is 249 g/mol. The first-order valence-electron chi connectivity index (χ1n) is 7.17. The second kappa shape index (κ2) is 8.09. The molecule has 1 aromatic rings. The van der Waals surface area contributed by atoms with Crippen molar-refractivity contribution in [3.8, 4) is 0 Å². The lowest BCUT2D eigenvalue weighted by Gasteiger charge is -2.23. The number of aromatic nitrogens is 1. The largest absolute Gasteiger partial charge is 0.371 e. The minimum atomic E-state index is 0.328. The van der Waals surface area contributed by atoms with Gasteiger partial charge in [0.25, 0.3) is 0 Å². The van der Waals surface area contributed by atoms with Crippen LogP contribution < -0.4 is 10.2 Å². The van der Waals surface area contributed by atoms with Crippen molar-refractivity contribution in [3.63, 3.8) is 0 Å². The summed E-state index contributed by atoms with van der Waals surface area (Å²) in [4.78, 5) is 6.96. The van der Waals surface area contributed by atoms with Gasteiger partial charge in [0, 0.05) is 19.1 Å². The fraction of sp³-hybridized carbons (Fsp3) is 0.667. The van der Waals surface area contributed by atoms with E-state index < -0.39 is 0 Å². The molecule has 1 heterocycles. The van der Waals surface area contributed by atoms with Gasteiger partial charge in [0.2, 0.25) is 0 Å². The highest BCUT2D eigenvalue weighted by molar-refractivity contribution is 5.44. The molecule has 3 heteroatoms. The zero-order valence-corrected chi connectivity index (χ0v) is 12.2. The predicted octanol–water partition coefficient (Wildman–Crippen LogP) is 3.38. The van der Waals surface area contributed by atoms with E-state index in [2.05, 4.69) is 55.0 Å². The molecule has 0 aromatic carbocycles. The van der Waals surface area contributed by atoms with Crippen molar-refractivity contribution in [2.75, 3.05) is 24.5 Å². The Morgan fingerprint density at radius 2 is 2.06 bits per heavy atom. The summed E-state index contributed by atoms with van der Waals surface area (Å²) in [5, 5.41) is 3.38. The molecule has 3 nitrogen and oxygen atoms in total. The van der Waals surface area contributed by atoms with Crippen LogP contribution in [0.5, 0.6) is 0 Å². The van der Waals surface area contributed by atoms with Crippen LogP contribution in [0.3, 0.4) is 0 Å². The Hall–Kier alpha value is -1.09. The summed E-state index contributed by atoms with van der Waals surface area (Å²) in [5.41, 5.74) is 2.35. The topological polar surface area (TPSA) is 28.2 Å². The average Bonchev–Trinajstić information content (AvgIpc) is 2.40. The molecule has 102 valence electrons. The van der Waals surface area contributed by atoms with E-state index in [1.807, 2.05) is 6.20 Å². The summed E-state index contributed by atoms with van der Waals surface area (Å²) in [6.45, 7) is 11.8. The third-order valence-corrected chi connectivity index (χ3v) is 3.25. The molecule has 0 bridgehead atoms. The van der Waals surface area contributed by atoms with Gasteiger partial charge in [0.15, 0.2) is 0 Å². The smallest absolute Gasteiger partial charge is 0.0572 e. The molecule has 1 atom stereocenters. The van der Waals surface area contributed by atoms with Crippen LogP contribution in [-0.4, -0.2) is 24.6 Å². The van der Waals surface area contributed by atoms with Crippen LogP contribution in [0.15, 0.2) is 18.3 Å². The van der Waals surface area contributed by atoms with Gasteiger partial charge < -0.3 is 10.2 Å². The minimum Gasteiger partial charge on any atom is -0.371 e. The lowest BCUT2D eigenvalue weighted by atomic mass is 10.2. The molecule has 1 unspecified atom stereocenters. The number of anilines is 1. The van der Waals surface area contributed by atoms with Crippen molar-refractivity contribution in [3.05, 3.63) is 24.0 Å². The highest BCUT2D eigenvalue weighted by Gasteiger charge is 2.07. The number of pyridine rings is 1. The molecule has 1 rings (SSSR count). The van der Waals surface area contributed by atoms with Gasteiger partial charge in [0.05, 0.1) is 17.6 Å². The van der Waals surface area contributed by atoms with Crippen LogP contribution >= 0.6 is 0 Å². The van der Waals surface area contributed by atoms with E-state index >= 15 is 0 Å². The predicted molar refractivity (Wildman–Crippen MR) is 79.1 cm³/mol. The van der Waals surface area contributed by atoms with Gasteiger partial charge in [-0.25, -0.2) is 0 Å². The van der Waals surface area contributed by atoms with Crippen LogP contribution in [0.2, 0.25) is 0 Å². The molecular formula is C15H27N3. The molecule has 0 aliphatic carbocycles. The van der Waals surface area contributed by atoms with Crippen molar-refractivity contribution >= 4 is 5.69 Å². The van der Waals surface area contributed by atoms with Gasteiger partial charge in [-0.2, -0.15) is 0 Å². The highest BCUT2D eigenvalue weighted by atomic mass is 15.1. The summed E-state index contributed by atoms with van der Waals surface area (Å²) in [6.07, 6.45) is 4.48. The summed E-state index contributed by atoms with van der Waals surface area (Å²) in [6, 6.07) is 4.65. The van der Waals surface area contributed by atoms with Gasteiger partial charge in [-0.3, -0.25) is 4.98 Å². The Morgan fingerprint density at radius 1 is 1.28 bits per heavy atom. The normalized spacial score (nSPS) is 12.4. The van der Waals surface area contributed by atoms with Crippen molar-refractivity contribution in [1.29, 1.82) is 0 Å². The number of unbranched alkanes of at least 4 members (excludes halogenated alkanes) is 1. The van der Waals surface area contributed by atoms with Gasteiger partial charge in [-0.1, -0.05) is 20.3 Å². The first-order valence-corrected chi connectivity index (χ1v) is 7.17.